The van der Waals surface area contributed by atoms with Gasteiger partial charge in [-0.05, 0) is 41.1 Å². The molecular formula is C13H18BrN3O3. The maximum absolute atomic E-state index is 12.1. The summed E-state index contributed by atoms with van der Waals surface area (Å²) in [6.45, 7) is 2.04. The Balaban J connectivity index is 2.14. The molecule has 2 rings (SSSR count). The molecule has 7 heteroatoms. The molecule has 1 aliphatic carbocycles. The molecule has 0 bridgehead atoms. The zero-order chi connectivity index (χ0) is 14.7. The largest absolute Gasteiger partial charge is 0.468 e. The molecule has 1 heterocycles. The first-order valence-electron chi connectivity index (χ1n) is 6.60. The van der Waals surface area contributed by atoms with Crippen LogP contribution in [0.25, 0.3) is 0 Å². The summed E-state index contributed by atoms with van der Waals surface area (Å²) in [5.41, 5.74) is 0.335. The number of rotatable bonds is 4. The maximum Gasteiger partial charge on any atom is 0.327 e. The number of nitrogens with one attached hydrogen (secondary N) is 1. The predicted molar refractivity (Wildman–Crippen MR) is 78.6 cm³/mol. The van der Waals surface area contributed by atoms with Crippen LogP contribution in [0.4, 0.5) is 5.69 Å². The molecule has 20 heavy (non-hydrogen) atoms. The summed E-state index contributed by atoms with van der Waals surface area (Å²) in [7, 11) is 1.28. The summed E-state index contributed by atoms with van der Waals surface area (Å²) >= 11 is 3.28. The van der Waals surface area contributed by atoms with Crippen molar-refractivity contribution in [3.05, 3.63) is 21.0 Å². The van der Waals surface area contributed by atoms with Crippen molar-refractivity contribution >= 4 is 27.6 Å². The monoisotopic (exact) mass is 343 g/mol. The SMILES string of the molecule is COC(=O)Cn1ncc(NC2CCC(C)C2)c(Br)c1=O. The van der Waals surface area contributed by atoms with E-state index in [2.05, 4.69) is 38.0 Å². The molecule has 0 radical (unpaired) electrons. The van der Waals surface area contributed by atoms with Gasteiger partial charge in [0.15, 0.2) is 0 Å². The number of ether oxygens (including phenoxy) is 1. The van der Waals surface area contributed by atoms with Crippen LogP contribution < -0.4 is 10.9 Å². The average molecular weight is 344 g/mol. The third-order valence-corrected chi connectivity index (χ3v) is 4.31. The summed E-state index contributed by atoms with van der Waals surface area (Å²) in [5, 5.41) is 7.33. The molecule has 1 aromatic rings. The molecule has 0 aliphatic heterocycles. The Hall–Kier alpha value is -1.37. The molecule has 110 valence electrons. The highest BCUT2D eigenvalue weighted by Gasteiger charge is 2.22. The standard InChI is InChI=1S/C13H18BrN3O3/c1-8-3-4-9(5-8)16-10-6-15-17(7-11(18)20-2)13(19)12(10)14/h6,8-9,16H,3-5,7H2,1-2H3. The van der Waals surface area contributed by atoms with Gasteiger partial charge in [0.25, 0.3) is 5.56 Å². The van der Waals surface area contributed by atoms with Crippen LogP contribution in [0.2, 0.25) is 0 Å². The van der Waals surface area contributed by atoms with Crippen LogP contribution in [0.5, 0.6) is 0 Å². The Kier molecular flexibility index (Phi) is 4.80. The van der Waals surface area contributed by atoms with E-state index in [0.29, 0.717) is 22.1 Å². The number of nitrogens with zero attached hydrogens (tertiary/aromatic N) is 2. The van der Waals surface area contributed by atoms with E-state index in [1.807, 2.05) is 0 Å². The number of aromatic nitrogens is 2. The van der Waals surface area contributed by atoms with Crippen LogP contribution in [0.1, 0.15) is 26.2 Å². The predicted octanol–water partition coefficient (Wildman–Crippen LogP) is 1.78. The summed E-state index contributed by atoms with van der Waals surface area (Å²) in [6, 6.07) is 0.374. The molecule has 1 aromatic heterocycles. The Morgan fingerprint density at radius 2 is 2.35 bits per heavy atom. The lowest BCUT2D eigenvalue weighted by Gasteiger charge is -2.15. The smallest absolute Gasteiger partial charge is 0.327 e. The van der Waals surface area contributed by atoms with Crippen molar-refractivity contribution in [3.63, 3.8) is 0 Å². The third-order valence-electron chi connectivity index (χ3n) is 3.55. The molecule has 1 N–H and O–H groups in total. The molecule has 0 saturated heterocycles. The van der Waals surface area contributed by atoms with E-state index in [-0.39, 0.29) is 12.1 Å². The lowest BCUT2D eigenvalue weighted by atomic mass is 10.1. The molecule has 0 spiro atoms. The summed E-state index contributed by atoms with van der Waals surface area (Å²) < 4.78 is 6.01. The number of carbonyl (C=O) groups is 1. The normalized spacial score (nSPS) is 21.8. The van der Waals surface area contributed by atoms with E-state index in [9.17, 15) is 9.59 Å². The van der Waals surface area contributed by atoms with Crippen molar-refractivity contribution in [1.29, 1.82) is 0 Å². The van der Waals surface area contributed by atoms with Gasteiger partial charge < -0.3 is 10.1 Å². The zero-order valence-corrected chi connectivity index (χ0v) is 13.1. The number of methoxy groups -OCH3 is 1. The van der Waals surface area contributed by atoms with Gasteiger partial charge in [-0.25, -0.2) is 4.68 Å². The minimum Gasteiger partial charge on any atom is -0.468 e. The number of esters is 1. The van der Waals surface area contributed by atoms with Crippen LogP contribution in [0, 0.1) is 5.92 Å². The second-order valence-corrected chi connectivity index (χ2v) is 5.96. The molecule has 1 aliphatic rings. The molecule has 1 saturated carbocycles. The Bertz CT molecular complexity index is 558. The van der Waals surface area contributed by atoms with Gasteiger partial charge in [-0.3, -0.25) is 9.59 Å². The number of hydrogen-bond donors (Lipinski definition) is 1. The number of halogens is 1. The topological polar surface area (TPSA) is 73.2 Å². The van der Waals surface area contributed by atoms with Crippen molar-refractivity contribution in [2.24, 2.45) is 5.92 Å². The number of anilines is 1. The lowest BCUT2D eigenvalue weighted by Crippen LogP contribution is -2.29. The van der Waals surface area contributed by atoms with Crippen LogP contribution >= 0.6 is 15.9 Å². The fraction of sp³-hybridized carbons (Fsp3) is 0.615. The van der Waals surface area contributed by atoms with Crippen molar-refractivity contribution < 1.29 is 9.53 Å². The van der Waals surface area contributed by atoms with Crippen LogP contribution in [0.3, 0.4) is 0 Å². The lowest BCUT2D eigenvalue weighted by molar-refractivity contribution is -0.141. The maximum atomic E-state index is 12.1. The first kappa shape index (κ1) is 15.0. The third kappa shape index (κ3) is 3.39. The van der Waals surface area contributed by atoms with Crippen molar-refractivity contribution in [2.45, 2.75) is 38.8 Å². The van der Waals surface area contributed by atoms with Crippen LogP contribution in [-0.2, 0) is 16.1 Å². The van der Waals surface area contributed by atoms with E-state index in [1.54, 1.807) is 6.20 Å². The van der Waals surface area contributed by atoms with Gasteiger partial charge in [-0.15, -0.1) is 0 Å². The van der Waals surface area contributed by atoms with E-state index >= 15 is 0 Å². The van der Waals surface area contributed by atoms with Gasteiger partial charge in [-0.2, -0.15) is 5.10 Å². The minimum absolute atomic E-state index is 0.186. The minimum atomic E-state index is -0.503. The molecule has 2 atom stereocenters. The fourth-order valence-electron chi connectivity index (χ4n) is 2.42. The highest BCUT2D eigenvalue weighted by Crippen LogP contribution is 2.28. The fourth-order valence-corrected chi connectivity index (χ4v) is 2.84. The van der Waals surface area contributed by atoms with E-state index in [1.165, 1.54) is 13.5 Å². The molecule has 6 nitrogen and oxygen atoms in total. The van der Waals surface area contributed by atoms with Gasteiger partial charge >= 0.3 is 5.97 Å². The van der Waals surface area contributed by atoms with Crippen LogP contribution in [-0.4, -0.2) is 28.9 Å². The van der Waals surface area contributed by atoms with Gasteiger partial charge in [0.1, 0.15) is 11.0 Å². The van der Waals surface area contributed by atoms with Crippen LogP contribution in [0.15, 0.2) is 15.5 Å². The summed E-state index contributed by atoms with van der Waals surface area (Å²) in [6.07, 6.45) is 4.95. The molecule has 0 aromatic carbocycles. The Morgan fingerprint density at radius 1 is 1.60 bits per heavy atom. The summed E-state index contributed by atoms with van der Waals surface area (Å²) in [4.78, 5) is 23.3. The Morgan fingerprint density at radius 3 is 2.95 bits per heavy atom. The zero-order valence-electron chi connectivity index (χ0n) is 11.6. The van der Waals surface area contributed by atoms with Gasteiger partial charge in [-0.1, -0.05) is 6.92 Å². The molecule has 2 unspecified atom stereocenters. The molecule has 0 amide bonds. The summed E-state index contributed by atoms with van der Waals surface area (Å²) in [5.74, 6) is 0.204. The number of carbonyl (C=O) groups excluding carboxylic acids is 1. The molecular weight excluding hydrogens is 326 g/mol. The van der Waals surface area contributed by atoms with Crippen molar-refractivity contribution in [3.8, 4) is 0 Å². The highest BCUT2D eigenvalue weighted by molar-refractivity contribution is 9.10. The van der Waals surface area contributed by atoms with Gasteiger partial charge in [0.2, 0.25) is 0 Å². The molecule has 1 fully saturated rings. The number of hydrogen-bond acceptors (Lipinski definition) is 5. The van der Waals surface area contributed by atoms with Crippen molar-refractivity contribution in [2.75, 3.05) is 12.4 Å². The highest BCUT2D eigenvalue weighted by atomic mass is 79.9. The quantitative estimate of drug-likeness (QED) is 0.843. The van der Waals surface area contributed by atoms with E-state index in [0.717, 1.165) is 17.5 Å². The van der Waals surface area contributed by atoms with E-state index < -0.39 is 5.97 Å². The van der Waals surface area contributed by atoms with Crippen molar-refractivity contribution in [1.82, 2.24) is 9.78 Å². The van der Waals surface area contributed by atoms with Gasteiger partial charge in [0.05, 0.1) is 19.0 Å². The first-order chi connectivity index (χ1) is 9.51. The second-order valence-electron chi connectivity index (χ2n) is 5.17. The average Bonchev–Trinajstić information content (AvgIpc) is 2.83. The van der Waals surface area contributed by atoms with Gasteiger partial charge in [0, 0.05) is 6.04 Å². The van der Waals surface area contributed by atoms with E-state index in [4.69, 9.17) is 0 Å². The Labute approximate surface area is 125 Å². The second kappa shape index (κ2) is 6.39. The first-order valence-corrected chi connectivity index (χ1v) is 7.39.